The van der Waals surface area contributed by atoms with E-state index in [-0.39, 0.29) is 11.7 Å². The number of nitrogens with two attached hydrogens (primary N) is 1. The molecule has 0 fully saturated rings. The molecule has 1 aromatic heterocycles. The molecule has 1 aromatic carbocycles. The molecule has 1 heterocycles. The van der Waals surface area contributed by atoms with Crippen LogP contribution < -0.4 is 11.3 Å². The van der Waals surface area contributed by atoms with Gasteiger partial charge in [0.25, 0.3) is 5.91 Å². The number of hydrazine groups is 1. The highest BCUT2D eigenvalue weighted by atomic mass is 32.2. The van der Waals surface area contributed by atoms with Gasteiger partial charge in [0.1, 0.15) is 5.82 Å². The van der Waals surface area contributed by atoms with Crippen molar-refractivity contribution >= 4 is 39.1 Å². The van der Waals surface area contributed by atoms with Gasteiger partial charge in [-0.1, -0.05) is 19.9 Å². The van der Waals surface area contributed by atoms with Crippen LogP contribution in [-0.4, -0.2) is 11.2 Å². The van der Waals surface area contributed by atoms with Gasteiger partial charge in [0.2, 0.25) is 0 Å². The molecule has 19 heavy (non-hydrogen) atoms. The van der Waals surface area contributed by atoms with Gasteiger partial charge in [0.15, 0.2) is 0 Å². The first kappa shape index (κ1) is 14.3. The molecular formula is C13H15FN2OS2. The first-order chi connectivity index (χ1) is 9.04. The summed E-state index contributed by atoms with van der Waals surface area (Å²) in [6.07, 6.45) is 0. The number of rotatable bonds is 4. The Bertz CT molecular complexity index is 610. The van der Waals surface area contributed by atoms with E-state index in [1.807, 2.05) is 6.07 Å². The molecule has 2 aromatic rings. The zero-order chi connectivity index (χ0) is 14.0. The normalized spacial score (nSPS) is 11.2. The lowest BCUT2D eigenvalue weighted by molar-refractivity contribution is 0.0957. The smallest absolute Gasteiger partial charge is 0.275 e. The standard InChI is InChI=1S/C13H15FN2OS2/c1-7(2)18-6-8-11-9(14)4-3-5-10(11)19-12(8)13(17)16-15/h3-5,7H,6,15H2,1-2H3,(H,16,17). The highest BCUT2D eigenvalue weighted by molar-refractivity contribution is 7.99. The van der Waals surface area contributed by atoms with E-state index in [4.69, 9.17) is 5.84 Å². The molecule has 0 spiro atoms. The second-order valence-electron chi connectivity index (χ2n) is 4.36. The van der Waals surface area contributed by atoms with Crippen LogP contribution in [0.4, 0.5) is 4.39 Å². The van der Waals surface area contributed by atoms with Crippen molar-refractivity contribution in [1.82, 2.24) is 5.43 Å². The Balaban J connectivity index is 2.56. The van der Waals surface area contributed by atoms with Gasteiger partial charge in [-0.3, -0.25) is 10.2 Å². The second kappa shape index (κ2) is 5.90. The van der Waals surface area contributed by atoms with Gasteiger partial charge in [0.05, 0.1) is 4.88 Å². The molecule has 2 rings (SSSR count). The molecule has 0 saturated heterocycles. The lowest BCUT2D eigenvalue weighted by atomic mass is 10.1. The number of hydrogen-bond acceptors (Lipinski definition) is 4. The number of fused-ring (bicyclic) bond motifs is 1. The molecule has 102 valence electrons. The zero-order valence-corrected chi connectivity index (χ0v) is 12.3. The van der Waals surface area contributed by atoms with Gasteiger partial charge < -0.3 is 0 Å². The van der Waals surface area contributed by atoms with Crippen LogP contribution in [0.2, 0.25) is 0 Å². The van der Waals surface area contributed by atoms with Crippen LogP contribution in [0.1, 0.15) is 29.1 Å². The van der Waals surface area contributed by atoms with Crippen molar-refractivity contribution < 1.29 is 9.18 Å². The average Bonchev–Trinajstić information content (AvgIpc) is 2.75. The largest absolute Gasteiger partial charge is 0.289 e. The first-order valence-electron chi connectivity index (χ1n) is 5.87. The number of carbonyl (C=O) groups is 1. The number of amides is 1. The molecule has 6 heteroatoms. The van der Waals surface area contributed by atoms with E-state index in [0.717, 1.165) is 10.3 Å². The quantitative estimate of drug-likeness (QED) is 0.517. The summed E-state index contributed by atoms with van der Waals surface area (Å²) in [6.45, 7) is 4.14. The third kappa shape index (κ3) is 2.91. The molecule has 3 nitrogen and oxygen atoms in total. The Kier molecular flexibility index (Phi) is 4.44. The van der Waals surface area contributed by atoms with Gasteiger partial charge in [-0.25, -0.2) is 10.2 Å². The molecule has 0 radical (unpaired) electrons. The summed E-state index contributed by atoms with van der Waals surface area (Å²) in [4.78, 5) is 12.3. The van der Waals surface area contributed by atoms with Crippen molar-refractivity contribution in [3.8, 4) is 0 Å². The van der Waals surface area contributed by atoms with E-state index in [2.05, 4.69) is 19.3 Å². The maximum absolute atomic E-state index is 14.0. The van der Waals surface area contributed by atoms with Crippen LogP contribution in [0.3, 0.4) is 0 Å². The topological polar surface area (TPSA) is 55.1 Å². The highest BCUT2D eigenvalue weighted by Gasteiger charge is 2.20. The number of thioether (sulfide) groups is 1. The van der Waals surface area contributed by atoms with Crippen LogP contribution in [-0.2, 0) is 5.75 Å². The molecule has 0 aliphatic carbocycles. The predicted molar refractivity (Wildman–Crippen MR) is 79.9 cm³/mol. The fourth-order valence-corrected chi connectivity index (χ4v) is 3.82. The van der Waals surface area contributed by atoms with Gasteiger partial charge in [-0.2, -0.15) is 11.8 Å². The predicted octanol–water partition coefficient (Wildman–Crippen LogP) is 3.29. The molecule has 0 aliphatic rings. The minimum atomic E-state index is -0.361. The molecule has 0 bridgehead atoms. The number of nitrogen functional groups attached to an aromatic ring is 1. The Labute approximate surface area is 119 Å². The van der Waals surface area contributed by atoms with E-state index in [1.54, 1.807) is 17.8 Å². The number of hydrogen-bond donors (Lipinski definition) is 2. The van der Waals surface area contributed by atoms with Crippen molar-refractivity contribution in [3.05, 3.63) is 34.5 Å². The van der Waals surface area contributed by atoms with Crippen molar-refractivity contribution in [3.63, 3.8) is 0 Å². The SMILES string of the molecule is CC(C)SCc1c(C(=O)NN)sc2cccc(F)c12. The third-order valence-electron chi connectivity index (χ3n) is 2.66. The summed E-state index contributed by atoms with van der Waals surface area (Å²) in [6, 6.07) is 4.89. The van der Waals surface area contributed by atoms with E-state index in [0.29, 0.717) is 21.3 Å². The summed E-state index contributed by atoms with van der Waals surface area (Å²) >= 11 is 2.95. The van der Waals surface area contributed by atoms with Gasteiger partial charge >= 0.3 is 0 Å². The van der Waals surface area contributed by atoms with Crippen molar-refractivity contribution in [1.29, 1.82) is 0 Å². The fraction of sp³-hybridized carbons (Fsp3) is 0.308. The van der Waals surface area contributed by atoms with E-state index >= 15 is 0 Å². The van der Waals surface area contributed by atoms with Gasteiger partial charge in [-0.15, -0.1) is 11.3 Å². The molecule has 0 saturated carbocycles. The molecule has 3 N–H and O–H groups in total. The highest BCUT2D eigenvalue weighted by Crippen LogP contribution is 2.36. The van der Waals surface area contributed by atoms with Gasteiger partial charge in [0, 0.05) is 15.8 Å². The molecule has 0 unspecified atom stereocenters. The van der Waals surface area contributed by atoms with Crippen molar-refractivity contribution in [2.24, 2.45) is 5.84 Å². The Morgan fingerprint density at radius 3 is 2.89 bits per heavy atom. The van der Waals surface area contributed by atoms with Crippen LogP contribution >= 0.6 is 23.1 Å². The summed E-state index contributed by atoms with van der Waals surface area (Å²) in [5, 5.41) is 0.953. The lowest BCUT2D eigenvalue weighted by Crippen LogP contribution is -2.29. The molecule has 0 aliphatic heterocycles. The summed E-state index contributed by atoms with van der Waals surface area (Å²) < 4.78 is 14.8. The monoisotopic (exact) mass is 298 g/mol. The number of benzene rings is 1. The Morgan fingerprint density at radius 1 is 1.53 bits per heavy atom. The number of thiophene rings is 1. The summed E-state index contributed by atoms with van der Waals surface area (Å²) in [5.74, 6) is 5.14. The summed E-state index contributed by atoms with van der Waals surface area (Å²) in [7, 11) is 0. The number of halogens is 1. The van der Waals surface area contributed by atoms with Crippen LogP contribution in [0, 0.1) is 5.82 Å². The summed E-state index contributed by atoms with van der Waals surface area (Å²) in [5.41, 5.74) is 2.87. The van der Waals surface area contributed by atoms with Crippen molar-refractivity contribution in [2.75, 3.05) is 0 Å². The minimum absolute atomic E-state index is 0.288. The number of nitrogens with one attached hydrogen (secondary N) is 1. The third-order valence-corrected chi connectivity index (χ3v) is 4.98. The van der Waals surface area contributed by atoms with Crippen molar-refractivity contribution in [2.45, 2.75) is 24.9 Å². The van der Waals surface area contributed by atoms with E-state index in [1.165, 1.54) is 17.4 Å². The van der Waals surface area contributed by atoms with Crippen LogP contribution in [0.25, 0.3) is 10.1 Å². The maximum Gasteiger partial charge on any atom is 0.275 e. The molecular weight excluding hydrogens is 283 g/mol. The number of carbonyl (C=O) groups excluding carboxylic acids is 1. The lowest BCUT2D eigenvalue weighted by Gasteiger charge is -2.06. The van der Waals surface area contributed by atoms with E-state index in [9.17, 15) is 9.18 Å². The maximum atomic E-state index is 14.0. The molecule has 0 atom stereocenters. The van der Waals surface area contributed by atoms with Crippen LogP contribution in [0.15, 0.2) is 18.2 Å². The fourth-order valence-electron chi connectivity index (χ4n) is 1.80. The Morgan fingerprint density at radius 2 is 2.26 bits per heavy atom. The minimum Gasteiger partial charge on any atom is -0.289 e. The van der Waals surface area contributed by atoms with Gasteiger partial charge in [-0.05, 0) is 22.9 Å². The zero-order valence-electron chi connectivity index (χ0n) is 10.7. The molecule has 1 amide bonds. The average molecular weight is 298 g/mol. The van der Waals surface area contributed by atoms with Crippen LogP contribution in [0.5, 0.6) is 0 Å². The first-order valence-corrected chi connectivity index (χ1v) is 7.73. The van der Waals surface area contributed by atoms with E-state index < -0.39 is 0 Å². The second-order valence-corrected chi connectivity index (χ2v) is 6.97. The Hall–Kier alpha value is -1.11.